The van der Waals surface area contributed by atoms with Gasteiger partial charge in [0, 0.05) is 27.2 Å². The first-order chi connectivity index (χ1) is 9.22. The highest BCUT2D eigenvalue weighted by Gasteiger charge is 2.69. The molecule has 0 radical (unpaired) electrons. The average Bonchev–Trinajstić information content (AvgIpc) is 2.80. The molecular formula is C15H21NO3. The molecule has 0 spiro atoms. The highest BCUT2D eigenvalue weighted by Crippen LogP contribution is 2.60. The molecule has 1 heterocycles. The van der Waals surface area contributed by atoms with Crippen LogP contribution >= 0.6 is 0 Å². The number of benzene rings is 1. The van der Waals surface area contributed by atoms with Crippen molar-refractivity contribution in [3.8, 4) is 5.75 Å². The van der Waals surface area contributed by atoms with Crippen molar-refractivity contribution >= 4 is 0 Å². The number of fused-ring (bicyclic) bond motifs is 1. The molecule has 0 bridgehead atoms. The van der Waals surface area contributed by atoms with Crippen molar-refractivity contribution in [2.75, 3.05) is 34.4 Å². The fourth-order valence-corrected chi connectivity index (χ4v) is 3.90. The summed E-state index contributed by atoms with van der Waals surface area (Å²) >= 11 is 0. The highest BCUT2D eigenvalue weighted by atomic mass is 16.7. The molecule has 2 fully saturated rings. The van der Waals surface area contributed by atoms with Crippen LogP contribution in [0.5, 0.6) is 5.75 Å². The van der Waals surface area contributed by atoms with Gasteiger partial charge in [-0.3, -0.25) is 0 Å². The Labute approximate surface area is 114 Å². The van der Waals surface area contributed by atoms with Crippen LogP contribution in [0.25, 0.3) is 0 Å². The van der Waals surface area contributed by atoms with Gasteiger partial charge in [-0.25, -0.2) is 0 Å². The van der Waals surface area contributed by atoms with Gasteiger partial charge >= 0.3 is 0 Å². The standard InChI is InChI=1S/C15H21NO3/c1-17-13-6-4-5-11(7-13)14-10-16-9-12(14)8-15(14,18-2)19-3/h4-7,12,16H,8-10H2,1-3H3/t12-,14-/m0/s1. The second kappa shape index (κ2) is 4.47. The predicted molar refractivity (Wildman–Crippen MR) is 72.4 cm³/mol. The summed E-state index contributed by atoms with van der Waals surface area (Å²) in [5.41, 5.74) is 1.13. The summed E-state index contributed by atoms with van der Waals surface area (Å²) in [4.78, 5) is 0. The lowest BCUT2D eigenvalue weighted by Gasteiger charge is -2.59. The van der Waals surface area contributed by atoms with E-state index in [1.54, 1.807) is 21.3 Å². The molecule has 1 saturated carbocycles. The molecule has 19 heavy (non-hydrogen) atoms. The summed E-state index contributed by atoms with van der Waals surface area (Å²) in [5.74, 6) is 0.915. The Kier molecular flexibility index (Phi) is 3.04. The molecular weight excluding hydrogens is 242 g/mol. The summed E-state index contributed by atoms with van der Waals surface area (Å²) in [6.07, 6.45) is 0.935. The number of ether oxygens (including phenoxy) is 3. The van der Waals surface area contributed by atoms with E-state index < -0.39 is 5.79 Å². The first-order valence-corrected chi connectivity index (χ1v) is 6.68. The van der Waals surface area contributed by atoms with Crippen molar-refractivity contribution < 1.29 is 14.2 Å². The maximum absolute atomic E-state index is 5.77. The highest BCUT2D eigenvalue weighted by molar-refractivity contribution is 5.42. The SMILES string of the molecule is COc1cccc([C@@]23CNC[C@@H]2CC3(OC)OC)c1. The summed E-state index contributed by atoms with van der Waals surface area (Å²) in [5, 5.41) is 3.48. The van der Waals surface area contributed by atoms with Gasteiger partial charge < -0.3 is 19.5 Å². The Hall–Kier alpha value is -1.10. The van der Waals surface area contributed by atoms with Gasteiger partial charge in [-0.05, 0) is 30.2 Å². The van der Waals surface area contributed by atoms with Gasteiger partial charge in [0.1, 0.15) is 5.75 Å². The first kappa shape index (κ1) is 12.9. The number of rotatable bonds is 4. The van der Waals surface area contributed by atoms with Crippen molar-refractivity contribution in [3.63, 3.8) is 0 Å². The van der Waals surface area contributed by atoms with Crippen LogP contribution in [0.15, 0.2) is 24.3 Å². The fourth-order valence-electron chi connectivity index (χ4n) is 3.90. The van der Waals surface area contributed by atoms with Crippen LogP contribution in [0.4, 0.5) is 0 Å². The number of methoxy groups -OCH3 is 3. The molecule has 4 nitrogen and oxygen atoms in total. The minimum absolute atomic E-state index is 0.106. The maximum atomic E-state index is 5.77. The topological polar surface area (TPSA) is 39.7 Å². The van der Waals surface area contributed by atoms with E-state index in [-0.39, 0.29) is 5.41 Å². The van der Waals surface area contributed by atoms with E-state index in [2.05, 4.69) is 17.4 Å². The monoisotopic (exact) mass is 263 g/mol. The lowest BCUT2D eigenvalue weighted by molar-refractivity contribution is -0.314. The van der Waals surface area contributed by atoms with E-state index in [4.69, 9.17) is 14.2 Å². The molecule has 104 valence electrons. The maximum Gasteiger partial charge on any atom is 0.179 e. The summed E-state index contributed by atoms with van der Waals surface area (Å²) in [7, 11) is 5.17. The summed E-state index contributed by atoms with van der Waals surface area (Å²) in [6.45, 7) is 1.90. The van der Waals surface area contributed by atoms with Gasteiger partial charge in [0.05, 0.1) is 12.5 Å². The Bertz CT molecular complexity index is 472. The zero-order valence-corrected chi connectivity index (χ0v) is 11.7. The molecule has 0 amide bonds. The molecule has 1 aromatic rings. The number of hydrogen-bond donors (Lipinski definition) is 1. The summed E-state index contributed by atoms with van der Waals surface area (Å²) < 4.78 is 16.9. The van der Waals surface area contributed by atoms with Gasteiger partial charge in [-0.1, -0.05) is 12.1 Å². The molecule has 1 aliphatic heterocycles. The smallest absolute Gasteiger partial charge is 0.179 e. The average molecular weight is 263 g/mol. The van der Waals surface area contributed by atoms with Crippen molar-refractivity contribution in [3.05, 3.63) is 29.8 Å². The van der Waals surface area contributed by atoms with Crippen LogP contribution in [0.3, 0.4) is 0 Å². The van der Waals surface area contributed by atoms with Crippen LogP contribution in [0, 0.1) is 5.92 Å². The lowest BCUT2D eigenvalue weighted by atomic mass is 9.53. The van der Waals surface area contributed by atoms with Crippen LogP contribution < -0.4 is 10.1 Å². The zero-order chi connectivity index (χ0) is 13.5. The Morgan fingerprint density at radius 3 is 2.63 bits per heavy atom. The molecule has 2 aliphatic rings. The predicted octanol–water partition coefficient (Wildman–Crippen LogP) is 1.55. The Balaban J connectivity index is 2.07. The van der Waals surface area contributed by atoms with Gasteiger partial charge in [0.15, 0.2) is 5.79 Å². The lowest BCUT2D eigenvalue weighted by Crippen LogP contribution is -2.68. The molecule has 1 N–H and O–H groups in total. The zero-order valence-electron chi connectivity index (χ0n) is 11.7. The fraction of sp³-hybridized carbons (Fsp3) is 0.600. The normalized spacial score (nSPS) is 31.6. The second-order valence-electron chi connectivity index (χ2n) is 5.40. The Morgan fingerprint density at radius 2 is 2.00 bits per heavy atom. The van der Waals surface area contributed by atoms with E-state index >= 15 is 0 Å². The minimum Gasteiger partial charge on any atom is -0.497 e. The summed E-state index contributed by atoms with van der Waals surface area (Å²) in [6, 6.07) is 8.25. The van der Waals surface area contributed by atoms with E-state index in [1.165, 1.54) is 5.56 Å². The van der Waals surface area contributed by atoms with E-state index in [0.717, 1.165) is 25.3 Å². The molecule has 2 atom stereocenters. The molecule has 0 aromatic heterocycles. The molecule has 1 aromatic carbocycles. The Morgan fingerprint density at radius 1 is 1.21 bits per heavy atom. The third-order valence-corrected chi connectivity index (χ3v) is 4.93. The molecule has 1 saturated heterocycles. The largest absolute Gasteiger partial charge is 0.497 e. The van der Waals surface area contributed by atoms with Crippen molar-refractivity contribution in [2.24, 2.45) is 5.92 Å². The molecule has 4 heteroatoms. The minimum atomic E-state index is -0.520. The molecule has 3 rings (SSSR count). The second-order valence-corrected chi connectivity index (χ2v) is 5.40. The van der Waals surface area contributed by atoms with E-state index in [9.17, 15) is 0 Å². The third kappa shape index (κ3) is 1.51. The van der Waals surface area contributed by atoms with Crippen molar-refractivity contribution in [2.45, 2.75) is 17.6 Å². The quantitative estimate of drug-likeness (QED) is 0.837. The van der Waals surface area contributed by atoms with E-state index in [0.29, 0.717) is 5.92 Å². The van der Waals surface area contributed by atoms with Gasteiger partial charge in [0.25, 0.3) is 0 Å². The number of hydrogen-bond acceptors (Lipinski definition) is 4. The van der Waals surface area contributed by atoms with Crippen molar-refractivity contribution in [1.82, 2.24) is 5.32 Å². The van der Waals surface area contributed by atoms with Crippen LogP contribution in [-0.4, -0.2) is 40.2 Å². The van der Waals surface area contributed by atoms with Gasteiger partial charge in [0.2, 0.25) is 0 Å². The third-order valence-electron chi connectivity index (χ3n) is 4.93. The van der Waals surface area contributed by atoms with Crippen LogP contribution in [-0.2, 0) is 14.9 Å². The first-order valence-electron chi connectivity index (χ1n) is 6.68. The molecule has 1 aliphatic carbocycles. The van der Waals surface area contributed by atoms with Crippen LogP contribution in [0.1, 0.15) is 12.0 Å². The van der Waals surface area contributed by atoms with Crippen molar-refractivity contribution in [1.29, 1.82) is 0 Å². The van der Waals surface area contributed by atoms with E-state index in [1.807, 2.05) is 12.1 Å². The van der Waals surface area contributed by atoms with Gasteiger partial charge in [-0.2, -0.15) is 0 Å². The van der Waals surface area contributed by atoms with Gasteiger partial charge in [-0.15, -0.1) is 0 Å². The number of nitrogens with one attached hydrogen (secondary N) is 1. The van der Waals surface area contributed by atoms with Crippen LogP contribution in [0.2, 0.25) is 0 Å². The molecule has 0 unspecified atom stereocenters.